The first-order chi connectivity index (χ1) is 27.5. The van der Waals surface area contributed by atoms with Gasteiger partial charge in [0.05, 0.1) is 11.0 Å². The first kappa shape index (κ1) is 33.2. The first-order valence-corrected chi connectivity index (χ1v) is 22.2. The maximum Gasteiger partial charge on any atom is 0.181 e. The SMILES string of the molecule is CC1(C)c2ccccc2-c2c1ccc1c2Sc2c(-c3cccc(-c4nc5ccccc5n4-c4ccccc4)c3)cccc2[Si]1(c1ccccc1)c1ccccc1. The molecule has 0 spiro atoms. The normalized spacial score (nSPS) is 14.5. The smallest absolute Gasteiger partial charge is 0.181 e. The van der Waals surface area contributed by atoms with Crippen molar-refractivity contribution < 1.29 is 0 Å². The fraction of sp³-hybridized carbons (Fsp3) is 0.0577. The van der Waals surface area contributed by atoms with Crippen LogP contribution in [0.1, 0.15) is 25.0 Å². The molecule has 0 amide bonds. The Kier molecular flexibility index (Phi) is 7.50. The minimum atomic E-state index is -2.84. The molecule has 1 aromatic heterocycles. The largest absolute Gasteiger partial charge is 0.292 e. The summed E-state index contributed by atoms with van der Waals surface area (Å²) in [6.45, 7) is 4.79. The number of imidazole rings is 1. The molecule has 9 aromatic rings. The molecule has 0 saturated carbocycles. The van der Waals surface area contributed by atoms with E-state index in [0.717, 1.165) is 28.1 Å². The summed E-state index contributed by atoms with van der Waals surface area (Å²) >= 11 is 1.98. The van der Waals surface area contributed by atoms with Crippen molar-refractivity contribution in [3.05, 3.63) is 205 Å². The van der Waals surface area contributed by atoms with E-state index >= 15 is 0 Å². The van der Waals surface area contributed by atoms with Crippen LogP contribution < -0.4 is 20.7 Å². The Bertz CT molecular complexity index is 2930. The summed E-state index contributed by atoms with van der Waals surface area (Å²) in [5.41, 5.74) is 12.2. The standard InChI is InChI=1S/C52H38N2SSi/c1-52(2)42-28-13-12-26-41(42)48-43(52)32-33-47-50(48)55-49-40(27-17-31-46(49)56(47,38-22-8-4-9-23-38)39-24-10-5-11-25-39)35-18-16-19-36(34-35)51-53-44-29-14-15-30-45(44)54(51)37-20-6-3-7-21-37/h3-34H,1-2H3. The van der Waals surface area contributed by atoms with E-state index in [0.29, 0.717) is 0 Å². The van der Waals surface area contributed by atoms with E-state index in [4.69, 9.17) is 4.98 Å². The molecule has 2 heterocycles. The minimum Gasteiger partial charge on any atom is -0.292 e. The molecule has 0 fully saturated rings. The molecule has 2 aliphatic rings. The van der Waals surface area contributed by atoms with Gasteiger partial charge in [0, 0.05) is 26.5 Å². The van der Waals surface area contributed by atoms with Gasteiger partial charge < -0.3 is 0 Å². The Balaban J connectivity index is 1.20. The molecule has 266 valence electrons. The van der Waals surface area contributed by atoms with Crippen molar-refractivity contribution in [2.45, 2.75) is 29.1 Å². The predicted molar refractivity (Wildman–Crippen MR) is 237 cm³/mol. The van der Waals surface area contributed by atoms with Crippen LogP contribution in [-0.4, -0.2) is 17.6 Å². The molecule has 4 heteroatoms. The van der Waals surface area contributed by atoms with Crippen LogP contribution in [0.3, 0.4) is 0 Å². The van der Waals surface area contributed by atoms with Crippen molar-refractivity contribution in [1.29, 1.82) is 0 Å². The van der Waals surface area contributed by atoms with Gasteiger partial charge in [-0.05, 0) is 84.5 Å². The van der Waals surface area contributed by atoms with Gasteiger partial charge in [0.2, 0.25) is 0 Å². The summed E-state index contributed by atoms with van der Waals surface area (Å²) in [4.78, 5) is 8.01. The van der Waals surface area contributed by atoms with Crippen LogP contribution >= 0.6 is 11.8 Å². The van der Waals surface area contributed by atoms with E-state index in [1.54, 1.807) is 0 Å². The molecule has 8 aromatic carbocycles. The first-order valence-electron chi connectivity index (χ1n) is 19.4. The van der Waals surface area contributed by atoms with Crippen molar-refractivity contribution in [3.8, 4) is 39.3 Å². The van der Waals surface area contributed by atoms with Crippen molar-refractivity contribution in [3.63, 3.8) is 0 Å². The van der Waals surface area contributed by atoms with Gasteiger partial charge in [-0.15, -0.1) is 0 Å². The molecular weight excluding hydrogens is 713 g/mol. The molecule has 11 rings (SSSR count). The van der Waals surface area contributed by atoms with E-state index in [1.807, 2.05) is 11.8 Å². The second-order valence-electron chi connectivity index (χ2n) is 15.5. The summed E-state index contributed by atoms with van der Waals surface area (Å²) in [7, 11) is -2.84. The highest BCUT2D eigenvalue weighted by atomic mass is 32.2. The summed E-state index contributed by atoms with van der Waals surface area (Å²) in [5.74, 6) is 0.941. The number of hydrogen-bond donors (Lipinski definition) is 0. The predicted octanol–water partition coefficient (Wildman–Crippen LogP) is 10.5. The van der Waals surface area contributed by atoms with Crippen LogP contribution in [0.4, 0.5) is 0 Å². The molecule has 0 bridgehead atoms. The van der Waals surface area contributed by atoms with Crippen LogP contribution in [-0.2, 0) is 5.41 Å². The second kappa shape index (κ2) is 12.7. The second-order valence-corrected chi connectivity index (χ2v) is 20.2. The lowest BCUT2D eigenvalue weighted by atomic mass is 9.82. The van der Waals surface area contributed by atoms with Gasteiger partial charge in [0.25, 0.3) is 0 Å². The van der Waals surface area contributed by atoms with E-state index < -0.39 is 8.07 Å². The molecule has 0 radical (unpaired) electrons. The molecule has 56 heavy (non-hydrogen) atoms. The highest BCUT2D eigenvalue weighted by molar-refractivity contribution is 8.00. The van der Waals surface area contributed by atoms with Crippen molar-refractivity contribution in [2.75, 3.05) is 0 Å². The fourth-order valence-corrected chi connectivity index (χ4v) is 16.9. The lowest BCUT2D eigenvalue weighted by Gasteiger charge is -2.41. The van der Waals surface area contributed by atoms with Gasteiger partial charge in [-0.25, -0.2) is 4.98 Å². The minimum absolute atomic E-state index is 0.0937. The van der Waals surface area contributed by atoms with E-state index in [9.17, 15) is 0 Å². The maximum absolute atomic E-state index is 5.25. The lowest BCUT2D eigenvalue weighted by molar-refractivity contribution is 0.660. The Labute approximate surface area is 333 Å². The van der Waals surface area contributed by atoms with Crippen molar-refractivity contribution in [1.82, 2.24) is 9.55 Å². The van der Waals surface area contributed by atoms with Gasteiger partial charge in [0.1, 0.15) is 5.82 Å². The van der Waals surface area contributed by atoms with Gasteiger partial charge in [-0.3, -0.25) is 4.57 Å². The van der Waals surface area contributed by atoms with Gasteiger partial charge >= 0.3 is 0 Å². The zero-order valence-corrected chi connectivity index (χ0v) is 33.1. The van der Waals surface area contributed by atoms with Crippen LogP contribution in [0.25, 0.3) is 50.4 Å². The van der Waals surface area contributed by atoms with E-state index in [-0.39, 0.29) is 5.41 Å². The molecule has 2 nitrogen and oxygen atoms in total. The van der Waals surface area contributed by atoms with E-state index in [2.05, 4.69) is 213 Å². The van der Waals surface area contributed by atoms with Gasteiger partial charge in [0.15, 0.2) is 8.07 Å². The zero-order chi connectivity index (χ0) is 37.4. The average molecular weight is 751 g/mol. The molecule has 0 N–H and O–H groups in total. The fourth-order valence-electron chi connectivity index (χ4n) is 9.63. The number of para-hydroxylation sites is 3. The van der Waals surface area contributed by atoms with Crippen molar-refractivity contribution in [2.24, 2.45) is 0 Å². The third-order valence-corrected chi connectivity index (χ3v) is 18.6. The summed E-state index contributed by atoms with van der Waals surface area (Å²) in [6, 6.07) is 72.0. The monoisotopic (exact) mass is 750 g/mol. The topological polar surface area (TPSA) is 17.8 Å². The number of rotatable bonds is 5. The third-order valence-electron chi connectivity index (χ3n) is 12.1. The Morgan fingerprint density at radius 3 is 1.88 bits per heavy atom. The lowest BCUT2D eigenvalue weighted by Crippen LogP contribution is -2.76. The number of benzene rings is 8. The van der Waals surface area contributed by atoms with Crippen LogP contribution in [0.2, 0.25) is 0 Å². The molecule has 1 aliphatic heterocycles. The summed E-state index contributed by atoms with van der Waals surface area (Å²) < 4.78 is 2.30. The van der Waals surface area contributed by atoms with Crippen molar-refractivity contribution >= 4 is 51.6 Å². The average Bonchev–Trinajstić information content (AvgIpc) is 3.76. The third kappa shape index (κ3) is 4.73. The highest BCUT2D eigenvalue weighted by Crippen LogP contribution is 2.54. The Morgan fingerprint density at radius 2 is 1.11 bits per heavy atom. The van der Waals surface area contributed by atoms with Gasteiger partial charge in [-0.2, -0.15) is 0 Å². The van der Waals surface area contributed by atoms with Crippen LogP contribution in [0.15, 0.2) is 204 Å². The summed E-state index contributed by atoms with van der Waals surface area (Å²) in [5, 5.41) is 5.72. The quantitative estimate of drug-likeness (QED) is 0.163. The van der Waals surface area contributed by atoms with Crippen LogP contribution in [0, 0.1) is 0 Å². The molecular formula is C52H38N2SSi. The summed E-state index contributed by atoms with van der Waals surface area (Å²) in [6.07, 6.45) is 0. The van der Waals surface area contributed by atoms with Gasteiger partial charge in [-0.1, -0.05) is 189 Å². The van der Waals surface area contributed by atoms with Crippen LogP contribution in [0.5, 0.6) is 0 Å². The number of hydrogen-bond acceptors (Lipinski definition) is 2. The molecule has 1 aliphatic carbocycles. The maximum atomic E-state index is 5.25. The zero-order valence-electron chi connectivity index (χ0n) is 31.3. The molecule has 0 saturated heterocycles. The number of nitrogens with zero attached hydrogens (tertiary/aromatic N) is 2. The number of fused-ring (bicyclic) bond motifs is 7. The Morgan fingerprint density at radius 1 is 0.500 bits per heavy atom. The number of aromatic nitrogens is 2. The molecule has 0 unspecified atom stereocenters. The van der Waals surface area contributed by atoms with E-state index in [1.165, 1.54) is 63.9 Å². The highest BCUT2D eigenvalue weighted by Gasteiger charge is 2.50. The Hall–Kier alpha value is -6.20. The molecule has 0 atom stereocenters.